The molecule has 0 aliphatic carbocycles. The van der Waals surface area contributed by atoms with Gasteiger partial charge in [-0.25, -0.2) is 8.42 Å². The second kappa shape index (κ2) is 7.09. The number of hydrogen-bond acceptors (Lipinski definition) is 4. The van der Waals surface area contributed by atoms with Crippen molar-refractivity contribution in [3.8, 4) is 0 Å². The van der Waals surface area contributed by atoms with Gasteiger partial charge < -0.3 is 9.80 Å². The lowest BCUT2D eigenvalue weighted by Gasteiger charge is -2.32. The summed E-state index contributed by atoms with van der Waals surface area (Å²) in [6.45, 7) is 5.23. The SMILES string of the molecule is Cc1cc(C)cc(N2C=C(C(=O)N3CCCCC3)S(=O)(=O)c3ccccc32)c1. The van der Waals surface area contributed by atoms with Crippen LogP contribution >= 0.6 is 0 Å². The number of carbonyl (C=O) groups excluding carboxylic acids is 1. The summed E-state index contributed by atoms with van der Waals surface area (Å²) in [6, 6.07) is 12.9. The summed E-state index contributed by atoms with van der Waals surface area (Å²) >= 11 is 0. The topological polar surface area (TPSA) is 57.7 Å². The molecule has 0 saturated carbocycles. The molecule has 4 rings (SSSR count). The second-order valence-corrected chi connectivity index (χ2v) is 9.42. The van der Waals surface area contributed by atoms with Crippen molar-refractivity contribution in [1.29, 1.82) is 0 Å². The van der Waals surface area contributed by atoms with Crippen LogP contribution < -0.4 is 4.90 Å². The minimum atomic E-state index is -3.86. The Morgan fingerprint density at radius 2 is 1.57 bits per heavy atom. The Hall–Kier alpha value is -2.60. The Labute approximate surface area is 166 Å². The van der Waals surface area contributed by atoms with E-state index in [1.165, 1.54) is 6.20 Å². The van der Waals surface area contributed by atoms with Gasteiger partial charge in [-0.15, -0.1) is 0 Å². The highest BCUT2D eigenvalue weighted by Gasteiger charge is 2.37. The van der Waals surface area contributed by atoms with Gasteiger partial charge in [0.15, 0.2) is 4.91 Å². The molecule has 0 aromatic heterocycles. The molecule has 0 radical (unpaired) electrons. The maximum atomic E-state index is 13.3. The summed E-state index contributed by atoms with van der Waals surface area (Å²) in [5, 5.41) is 0. The fourth-order valence-electron chi connectivity index (χ4n) is 3.98. The largest absolute Gasteiger partial charge is 0.338 e. The van der Waals surface area contributed by atoms with Crippen molar-refractivity contribution < 1.29 is 13.2 Å². The van der Waals surface area contributed by atoms with E-state index in [0.29, 0.717) is 18.8 Å². The van der Waals surface area contributed by atoms with Crippen LogP contribution in [0.3, 0.4) is 0 Å². The van der Waals surface area contributed by atoms with Crippen molar-refractivity contribution in [1.82, 2.24) is 4.90 Å². The highest BCUT2D eigenvalue weighted by Crippen LogP contribution is 2.40. The van der Waals surface area contributed by atoms with Crippen molar-refractivity contribution in [3.63, 3.8) is 0 Å². The number of likely N-dealkylation sites (tertiary alicyclic amines) is 1. The lowest BCUT2D eigenvalue weighted by atomic mass is 10.1. The number of amides is 1. The average molecular weight is 397 g/mol. The molecule has 146 valence electrons. The van der Waals surface area contributed by atoms with E-state index in [1.807, 2.05) is 36.9 Å². The van der Waals surface area contributed by atoms with Gasteiger partial charge >= 0.3 is 0 Å². The van der Waals surface area contributed by atoms with Crippen molar-refractivity contribution in [2.45, 2.75) is 38.0 Å². The third-order valence-corrected chi connectivity index (χ3v) is 7.07. The van der Waals surface area contributed by atoms with Crippen LogP contribution in [0, 0.1) is 13.8 Å². The van der Waals surface area contributed by atoms with Crippen LogP contribution in [-0.4, -0.2) is 32.3 Å². The van der Waals surface area contributed by atoms with Crippen molar-refractivity contribution >= 4 is 27.1 Å². The molecule has 1 amide bonds. The predicted octanol–water partition coefficient (Wildman–Crippen LogP) is 4.08. The first-order valence-electron chi connectivity index (χ1n) is 9.61. The first kappa shape index (κ1) is 18.7. The summed E-state index contributed by atoms with van der Waals surface area (Å²) in [5.41, 5.74) is 3.59. The quantitative estimate of drug-likeness (QED) is 0.767. The number of para-hydroxylation sites is 1. The molecule has 2 aliphatic heterocycles. The smallest absolute Gasteiger partial charge is 0.267 e. The minimum absolute atomic E-state index is 0.146. The van der Waals surface area contributed by atoms with E-state index in [9.17, 15) is 13.2 Å². The third kappa shape index (κ3) is 3.22. The lowest BCUT2D eigenvalue weighted by molar-refractivity contribution is -0.127. The van der Waals surface area contributed by atoms with E-state index in [4.69, 9.17) is 0 Å². The molecular formula is C22H24N2O3S. The number of benzene rings is 2. The van der Waals surface area contributed by atoms with Crippen LogP contribution in [0.4, 0.5) is 11.4 Å². The number of nitrogens with zero attached hydrogens (tertiary/aromatic N) is 2. The molecule has 0 N–H and O–H groups in total. The normalized spacial score (nSPS) is 18.4. The molecule has 2 aliphatic rings. The maximum absolute atomic E-state index is 13.3. The standard InChI is InChI=1S/C22H24N2O3S/c1-16-12-17(2)14-18(13-16)24-15-21(22(25)23-10-6-3-7-11-23)28(26,27)20-9-5-4-8-19(20)24/h4-5,8-9,12-15H,3,6-7,10-11H2,1-2H3. The van der Waals surface area contributed by atoms with Gasteiger partial charge in [-0.1, -0.05) is 18.2 Å². The summed E-state index contributed by atoms with van der Waals surface area (Å²) in [7, 11) is -3.86. The molecule has 0 unspecified atom stereocenters. The Bertz CT molecular complexity index is 1050. The summed E-state index contributed by atoms with van der Waals surface area (Å²) < 4.78 is 26.5. The fraction of sp³-hybridized carbons (Fsp3) is 0.318. The first-order chi connectivity index (χ1) is 13.4. The monoisotopic (exact) mass is 396 g/mol. The molecule has 6 heteroatoms. The number of aryl methyl sites for hydroxylation is 2. The van der Waals surface area contributed by atoms with Crippen LogP contribution in [-0.2, 0) is 14.6 Å². The molecule has 0 spiro atoms. The van der Waals surface area contributed by atoms with Crippen LogP contribution in [0.2, 0.25) is 0 Å². The summed E-state index contributed by atoms with van der Waals surface area (Å²) in [5.74, 6) is -0.399. The number of anilines is 2. The van der Waals surface area contributed by atoms with Crippen molar-refractivity contribution in [2.24, 2.45) is 0 Å². The van der Waals surface area contributed by atoms with Crippen molar-refractivity contribution in [2.75, 3.05) is 18.0 Å². The zero-order valence-corrected chi connectivity index (χ0v) is 17.0. The molecule has 2 aromatic carbocycles. The van der Waals surface area contributed by atoms with Gasteiger partial charge in [0.25, 0.3) is 5.91 Å². The van der Waals surface area contributed by atoms with Gasteiger partial charge in [0.1, 0.15) is 0 Å². The minimum Gasteiger partial charge on any atom is -0.338 e. The van der Waals surface area contributed by atoms with Gasteiger partial charge in [-0.3, -0.25) is 4.79 Å². The van der Waals surface area contributed by atoms with Crippen LogP contribution in [0.25, 0.3) is 0 Å². The number of hydrogen-bond donors (Lipinski definition) is 0. The molecule has 0 bridgehead atoms. The second-order valence-electron chi connectivity index (χ2n) is 7.53. The van der Waals surface area contributed by atoms with Gasteiger partial charge in [0.05, 0.1) is 10.6 Å². The molecule has 28 heavy (non-hydrogen) atoms. The van der Waals surface area contributed by atoms with Crippen LogP contribution in [0.15, 0.2) is 58.5 Å². The Balaban J connectivity index is 1.87. The summed E-state index contributed by atoms with van der Waals surface area (Å²) in [6.07, 6.45) is 4.41. The molecule has 2 aromatic rings. The van der Waals surface area contributed by atoms with Crippen LogP contribution in [0.5, 0.6) is 0 Å². The molecule has 2 heterocycles. The number of rotatable bonds is 2. The van der Waals surface area contributed by atoms with E-state index in [1.54, 1.807) is 23.1 Å². The number of carbonyl (C=O) groups is 1. The van der Waals surface area contributed by atoms with E-state index in [-0.39, 0.29) is 9.80 Å². The van der Waals surface area contributed by atoms with E-state index in [2.05, 4.69) is 6.07 Å². The van der Waals surface area contributed by atoms with E-state index < -0.39 is 15.7 Å². The first-order valence-corrected chi connectivity index (χ1v) is 11.1. The Kier molecular flexibility index (Phi) is 4.75. The van der Waals surface area contributed by atoms with Crippen LogP contribution in [0.1, 0.15) is 30.4 Å². The van der Waals surface area contributed by atoms with Gasteiger partial charge in [0, 0.05) is 25.0 Å². The van der Waals surface area contributed by atoms with Gasteiger partial charge in [-0.2, -0.15) is 0 Å². The molecule has 1 saturated heterocycles. The Morgan fingerprint density at radius 1 is 0.929 bits per heavy atom. The Morgan fingerprint density at radius 3 is 2.25 bits per heavy atom. The fourth-order valence-corrected chi connectivity index (χ4v) is 5.52. The van der Waals surface area contributed by atoms with Gasteiger partial charge in [0.2, 0.25) is 9.84 Å². The molecule has 0 atom stereocenters. The predicted molar refractivity (Wildman–Crippen MR) is 110 cm³/mol. The highest BCUT2D eigenvalue weighted by atomic mass is 32.2. The molecule has 5 nitrogen and oxygen atoms in total. The van der Waals surface area contributed by atoms with Gasteiger partial charge in [-0.05, 0) is 68.5 Å². The zero-order valence-electron chi connectivity index (χ0n) is 16.2. The molecular weight excluding hydrogens is 372 g/mol. The molecule has 1 fully saturated rings. The number of piperidine rings is 1. The lowest BCUT2D eigenvalue weighted by Crippen LogP contribution is -2.39. The highest BCUT2D eigenvalue weighted by molar-refractivity contribution is 7.96. The van der Waals surface area contributed by atoms with E-state index in [0.717, 1.165) is 36.1 Å². The zero-order chi connectivity index (χ0) is 19.9. The van der Waals surface area contributed by atoms with E-state index >= 15 is 0 Å². The average Bonchev–Trinajstić information content (AvgIpc) is 2.67. The van der Waals surface area contributed by atoms with Crippen molar-refractivity contribution in [3.05, 3.63) is 64.7 Å². The maximum Gasteiger partial charge on any atom is 0.267 e. The third-order valence-electron chi connectivity index (χ3n) is 5.29. The number of fused-ring (bicyclic) bond motifs is 1. The summed E-state index contributed by atoms with van der Waals surface area (Å²) in [4.78, 5) is 16.7. The number of sulfone groups is 1.